The monoisotopic (exact) mass is 271 g/mol. The lowest BCUT2D eigenvalue weighted by Crippen LogP contribution is -2.45. The summed E-state index contributed by atoms with van der Waals surface area (Å²) < 4.78 is 0. The zero-order valence-corrected chi connectivity index (χ0v) is 11.9. The molecular weight excluding hydrogens is 246 g/mol. The van der Waals surface area contributed by atoms with Gasteiger partial charge in [-0.2, -0.15) is 0 Å². The van der Waals surface area contributed by atoms with Crippen LogP contribution >= 0.6 is 0 Å². The van der Waals surface area contributed by atoms with Gasteiger partial charge < -0.3 is 20.2 Å². The van der Waals surface area contributed by atoms with Crippen LogP contribution in [0.15, 0.2) is 0 Å². The van der Waals surface area contributed by atoms with Crippen LogP contribution in [0.4, 0.5) is 4.79 Å². The molecule has 0 aliphatic carbocycles. The van der Waals surface area contributed by atoms with E-state index in [0.29, 0.717) is 13.1 Å². The summed E-state index contributed by atoms with van der Waals surface area (Å²) in [6, 6.07) is 0.0601. The number of hydrogen-bond donors (Lipinski definition) is 2. The maximum atomic E-state index is 12.1. The quantitative estimate of drug-likeness (QED) is 0.702. The highest BCUT2D eigenvalue weighted by Crippen LogP contribution is 2.21. The fourth-order valence-electron chi connectivity index (χ4n) is 2.41. The molecule has 1 heterocycles. The second-order valence-electron chi connectivity index (χ2n) is 5.19. The molecule has 1 aliphatic heterocycles. The van der Waals surface area contributed by atoms with Gasteiger partial charge in [-0.1, -0.05) is 0 Å². The summed E-state index contributed by atoms with van der Waals surface area (Å²) in [7, 11) is 3.72. The number of carbonyl (C=O) groups excluding carboxylic acids is 1. The van der Waals surface area contributed by atoms with Crippen LogP contribution < -0.4 is 5.32 Å². The second kappa shape index (κ2) is 7.99. The third-order valence-corrected chi connectivity index (χ3v) is 3.60. The van der Waals surface area contributed by atoms with Crippen LogP contribution in [0.1, 0.15) is 25.7 Å². The van der Waals surface area contributed by atoms with Crippen LogP contribution in [0.2, 0.25) is 0 Å². The van der Waals surface area contributed by atoms with Crippen molar-refractivity contribution in [3.63, 3.8) is 0 Å². The van der Waals surface area contributed by atoms with Crippen LogP contribution in [-0.4, -0.2) is 67.2 Å². The molecule has 0 aromatic rings. The van der Waals surface area contributed by atoms with E-state index >= 15 is 0 Å². The standard InChI is InChI=1S/C13H25N3O3/c1-14-6-3-7-15(2)13(19)16-8-4-11(5-9-16)10-12(17)18/h11,14H,3-10H2,1-2H3,(H,17,18). The Kier molecular flexibility index (Phi) is 6.62. The van der Waals surface area contributed by atoms with Crippen molar-refractivity contribution in [1.82, 2.24) is 15.1 Å². The summed E-state index contributed by atoms with van der Waals surface area (Å²) in [5.41, 5.74) is 0. The number of amides is 2. The van der Waals surface area contributed by atoms with Gasteiger partial charge in [0.2, 0.25) is 0 Å². The van der Waals surface area contributed by atoms with Gasteiger partial charge in [0.25, 0.3) is 0 Å². The fourth-order valence-corrected chi connectivity index (χ4v) is 2.41. The maximum absolute atomic E-state index is 12.1. The van der Waals surface area contributed by atoms with Crippen LogP contribution in [0.3, 0.4) is 0 Å². The van der Waals surface area contributed by atoms with Crippen LogP contribution in [0.5, 0.6) is 0 Å². The first-order valence-electron chi connectivity index (χ1n) is 6.91. The van der Waals surface area contributed by atoms with Gasteiger partial charge in [0.15, 0.2) is 0 Å². The Bertz CT molecular complexity index is 302. The van der Waals surface area contributed by atoms with E-state index < -0.39 is 5.97 Å². The van der Waals surface area contributed by atoms with Crippen molar-refractivity contribution >= 4 is 12.0 Å². The predicted octanol–water partition coefficient (Wildman–Crippen LogP) is 0.834. The molecule has 0 radical (unpaired) electrons. The molecule has 2 amide bonds. The molecule has 6 heteroatoms. The maximum Gasteiger partial charge on any atom is 0.319 e. The van der Waals surface area contributed by atoms with Gasteiger partial charge in [-0.15, -0.1) is 0 Å². The number of urea groups is 1. The Morgan fingerprint density at radius 2 is 2.00 bits per heavy atom. The fraction of sp³-hybridized carbons (Fsp3) is 0.846. The number of piperidine rings is 1. The minimum atomic E-state index is -0.742. The summed E-state index contributed by atoms with van der Waals surface area (Å²) >= 11 is 0. The molecule has 1 fully saturated rings. The van der Waals surface area contributed by atoms with Crippen molar-refractivity contribution in [3.8, 4) is 0 Å². The molecule has 0 saturated carbocycles. The van der Waals surface area contributed by atoms with E-state index in [0.717, 1.165) is 32.4 Å². The number of nitrogens with one attached hydrogen (secondary N) is 1. The second-order valence-corrected chi connectivity index (χ2v) is 5.19. The number of nitrogens with zero attached hydrogens (tertiary/aromatic N) is 2. The number of carboxylic acid groups (broad SMARTS) is 1. The molecule has 0 bridgehead atoms. The third kappa shape index (κ3) is 5.46. The van der Waals surface area contributed by atoms with Gasteiger partial charge in [-0.25, -0.2) is 4.79 Å². The molecule has 0 aromatic heterocycles. The molecule has 1 rings (SSSR count). The highest BCUT2D eigenvalue weighted by Gasteiger charge is 2.25. The van der Waals surface area contributed by atoms with E-state index in [1.54, 1.807) is 4.90 Å². The minimum Gasteiger partial charge on any atom is -0.481 e. The van der Waals surface area contributed by atoms with Gasteiger partial charge in [-0.05, 0) is 38.8 Å². The number of rotatable bonds is 6. The first-order chi connectivity index (χ1) is 9.04. The van der Waals surface area contributed by atoms with Crippen molar-refractivity contribution in [3.05, 3.63) is 0 Å². The van der Waals surface area contributed by atoms with Crippen molar-refractivity contribution in [2.75, 3.05) is 40.3 Å². The van der Waals surface area contributed by atoms with Crippen molar-refractivity contribution in [1.29, 1.82) is 0 Å². The normalized spacial score (nSPS) is 16.4. The summed E-state index contributed by atoms with van der Waals surface area (Å²) in [6.45, 7) is 2.99. The van der Waals surface area contributed by atoms with Crippen molar-refractivity contribution in [2.24, 2.45) is 5.92 Å². The Morgan fingerprint density at radius 3 is 2.53 bits per heavy atom. The average molecular weight is 271 g/mol. The summed E-state index contributed by atoms with van der Waals surface area (Å²) in [5.74, 6) is -0.523. The predicted molar refractivity (Wildman–Crippen MR) is 73.1 cm³/mol. The number of aliphatic carboxylic acids is 1. The molecule has 0 atom stereocenters. The lowest BCUT2D eigenvalue weighted by atomic mass is 9.94. The van der Waals surface area contributed by atoms with E-state index in [-0.39, 0.29) is 18.4 Å². The Hall–Kier alpha value is -1.30. The zero-order chi connectivity index (χ0) is 14.3. The number of likely N-dealkylation sites (tertiary alicyclic amines) is 1. The Morgan fingerprint density at radius 1 is 1.37 bits per heavy atom. The zero-order valence-electron chi connectivity index (χ0n) is 11.9. The lowest BCUT2D eigenvalue weighted by molar-refractivity contribution is -0.138. The Labute approximate surface area is 114 Å². The van der Waals surface area contributed by atoms with E-state index in [9.17, 15) is 9.59 Å². The molecular formula is C13H25N3O3. The van der Waals surface area contributed by atoms with Crippen molar-refractivity contribution in [2.45, 2.75) is 25.7 Å². The van der Waals surface area contributed by atoms with Crippen LogP contribution in [-0.2, 0) is 4.79 Å². The van der Waals surface area contributed by atoms with Crippen LogP contribution in [0, 0.1) is 5.92 Å². The van der Waals surface area contributed by atoms with E-state index in [2.05, 4.69) is 5.32 Å². The van der Waals surface area contributed by atoms with E-state index in [1.807, 2.05) is 19.0 Å². The van der Waals surface area contributed by atoms with E-state index in [1.165, 1.54) is 0 Å². The summed E-state index contributed by atoms with van der Waals surface area (Å²) in [4.78, 5) is 26.4. The number of carboxylic acids is 1. The Balaban J connectivity index is 2.29. The van der Waals surface area contributed by atoms with E-state index in [4.69, 9.17) is 5.11 Å². The molecule has 0 spiro atoms. The minimum absolute atomic E-state index is 0.0601. The number of hydrogen-bond acceptors (Lipinski definition) is 3. The first-order valence-corrected chi connectivity index (χ1v) is 6.91. The third-order valence-electron chi connectivity index (χ3n) is 3.60. The molecule has 110 valence electrons. The molecule has 2 N–H and O–H groups in total. The molecule has 19 heavy (non-hydrogen) atoms. The highest BCUT2D eigenvalue weighted by atomic mass is 16.4. The van der Waals surface area contributed by atoms with Crippen LogP contribution in [0.25, 0.3) is 0 Å². The highest BCUT2D eigenvalue weighted by molar-refractivity contribution is 5.74. The van der Waals surface area contributed by atoms with Gasteiger partial charge in [0.05, 0.1) is 0 Å². The summed E-state index contributed by atoms with van der Waals surface area (Å²) in [5, 5.41) is 11.8. The summed E-state index contributed by atoms with van der Waals surface area (Å²) in [6.07, 6.45) is 2.75. The van der Waals surface area contributed by atoms with Gasteiger partial charge in [0, 0.05) is 33.1 Å². The smallest absolute Gasteiger partial charge is 0.319 e. The molecule has 0 unspecified atom stereocenters. The molecule has 1 aliphatic rings. The topological polar surface area (TPSA) is 72.9 Å². The molecule has 1 saturated heterocycles. The average Bonchev–Trinajstić information content (AvgIpc) is 2.38. The lowest BCUT2D eigenvalue weighted by Gasteiger charge is -2.34. The van der Waals surface area contributed by atoms with Gasteiger partial charge in [-0.3, -0.25) is 4.79 Å². The SMILES string of the molecule is CNCCCN(C)C(=O)N1CCC(CC(=O)O)CC1. The van der Waals surface area contributed by atoms with Gasteiger partial charge >= 0.3 is 12.0 Å². The van der Waals surface area contributed by atoms with Gasteiger partial charge in [0.1, 0.15) is 0 Å². The molecule has 0 aromatic carbocycles. The largest absolute Gasteiger partial charge is 0.481 e. The first kappa shape index (κ1) is 15.8. The number of carbonyl (C=O) groups is 2. The molecule has 6 nitrogen and oxygen atoms in total. The van der Waals surface area contributed by atoms with Crippen molar-refractivity contribution < 1.29 is 14.7 Å².